The molecule has 84 valence electrons. The number of hydrogen-bond acceptors (Lipinski definition) is 3. The van der Waals surface area contributed by atoms with Crippen molar-refractivity contribution in [2.24, 2.45) is 5.73 Å². The predicted octanol–water partition coefficient (Wildman–Crippen LogP) is 0.742. The molecule has 1 aromatic rings. The second-order valence-electron chi connectivity index (χ2n) is 5.09. The lowest BCUT2D eigenvalue weighted by Gasteiger charge is -2.22. The molecule has 0 atom stereocenters. The van der Waals surface area contributed by atoms with Gasteiger partial charge in [0.05, 0.1) is 16.9 Å². The average molecular weight is 208 g/mol. The van der Waals surface area contributed by atoms with E-state index >= 15 is 0 Å². The summed E-state index contributed by atoms with van der Waals surface area (Å²) < 4.78 is 2.09. The molecular formula is C11H20N4. The maximum atomic E-state index is 5.83. The molecule has 2 rings (SSSR count). The van der Waals surface area contributed by atoms with Gasteiger partial charge in [-0.15, -0.1) is 0 Å². The minimum atomic E-state index is 0.0199. The highest BCUT2D eigenvalue weighted by Crippen LogP contribution is 2.23. The van der Waals surface area contributed by atoms with E-state index in [4.69, 9.17) is 5.73 Å². The van der Waals surface area contributed by atoms with Gasteiger partial charge in [0.15, 0.2) is 0 Å². The van der Waals surface area contributed by atoms with Gasteiger partial charge in [0, 0.05) is 31.6 Å². The van der Waals surface area contributed by atoms with Crippen molar-refractivity contribution in [2.45, 2.75) is 45.8 Å². The van der Waals surface area contributed by atoms with E-state index in [1.54, 1.807) is 0 Å². The van der Waals surface area contributed by atoms with Gasteiger partial charge >= 0.3 is 0 Å². The van der Waals surface area contributed by atoms with Crippen molar-refractivity contribution < 1.29 is 0 Å². The summed E-state index contributed by atoms with van der Waals surface area (Å²) in [5.41, 5.74) is 9.58. The molecule has 4 heteroatoms. The number of fused-ring (bicyclic) bond motifs is 1. The minimum Gasteiger partial charge on any atom is -0.325 e. The standard InChI is InChI=1S/C11H20N4/c1-11(2,3)15-10(6-12)8-7-13-5-4-9(8)14-15/h13H,4-7,12H2,1-3H3. The van der Waals surface area contributed by atoms with Gasteiger partial charge in [-0.05, 0) is 20.8 Å². The molecule has 1 aliphatic rings. The molecule has 0 fully saturated rings. The zero-order chi connectivity index (χ0) is 11.1. The molecular weight excluding hydrogens is 188 g/mol. The number of aromatic nitrogens is 2. The Morgan fingerprint density at radius 1 is 1.47 bits per heavy atom. The number of nitrogens with one attached hydrogen (secondary N) is 1. The molecule has 0 radical (unpaired) electrons. The first-order valence-corrected chi connectivity index (χ1v) is 5.55. The van der Waals surface area contributed by atoms with Gasteiger partial charge in [0.2, 0.25) is 0 Å². The van der Waals surface area contributed by atoms with E-state index in [1.807, 2.05) is 0 Å². The number of hydrogen-bond donors (Lipinski definition) is 2. The summed E-state index contributed by atoms with van der Waals surface area (Å²) >= 11 is 0. The van der Waals surface area contributed by atoms with Crippen LogP contribution in [-0.2, 0) is 25.0 Å². The number of rotatable bonds is 1. The summed E-state index contributed by atoms with van der Waals surface area (Å²) in [4.78, 5) is 0. The topological polar surface area (TPSA) is 55.9 Å². The zero-order valence-corrected chi connectivity index (χ0v) is 9.80. The lowest BCUT2D eigenvalue weighted by Crippen LogP contribution is -2.27. The fourth-order valence-electron chi connectivity index (χ4n) is 2.13. The van der Waals surface area contributed by atoms with Crippen LogP contribution in [-0.4, -0.2) is 16.3 Å². The Labute approximate surface area is 90.8 Å². The van der Waals surface area contributed by atoms with Crippen LogP contribution in [0.5, 0.6) is 0 Å². The summed E-state index contributed by atoms with van der Waals surface area (Å²) in [5.74, 6) is 0. The Morgan fingerprint density at radius 3 is 2.80 bits per heavy atom. The second kappa shape index (κ2) is 3.61. The molecule has 0 saturated heterocycles. The van der Waals surface area contributed by atoms with Crippen LogP contribution in [0.3, 0.4) is 0 Å². The third-order valence-electron chi connectivity index (χ3n) is 2.84. The highest BCUT2D eigenvalue weighted by Gasteiger charge is 2.24. The molecule has 2 heterocycles. The van der Waals surface area contributed by atoms with Crippen molar-refractivity contribution in [2.75, 3.05) is 6.54 Å². The first kappa shape index (κ1) is 10.6. The Morgan fingerprint density at radius 2 is 2.20 bits per heavy atom. The zero-order valence-electron chi connectivity index (χ0n) is 9.80. The lowest BCUT2D eigenvalue weighted by atomic mass is 10.1. The van der Waals surface area contributed by atoms with E-state index < -0.39 is 0 Å². The second-order valence-corrected chi connectivity index (χ2v) is 5.09. The molecule has 0 unspecified atom stereocenters. The lowest BCUT2D eigenvalue weighted by molar-refractivity contribution is 0.341. The highest BCUT2D eigenvalue weighted by atomic mass is 15.3. The molecule has 1 aliphatic heterocycles. The van der Waals surface area contributed by atoms with Gasteiger partial charge in [-0.2, -0.15) is 5.10 Å². The van der Waals surface area contributed by atoms with Gasteiger partial charge in [0.1, 0.15) is 0 Å². The maximum Gasteiger partial charge on any atom is 0.0685 e. The quantitative estimate of drug-likeness (QED) is 0.716. The van der Waals surface area contributed by atoms with Gasteiger partial charge in [-0.1, -0.05) is 0 Å². The largest absolute Gasteiger partial charge is 0.325 e. The van der Waals surface area contributed by atoms with E-state index in [0.29, 0.717) is 6.54 Å². The summed E-state index contributed by atoms with van der Waals surface area (Å²) in [6.07, 6.45) is 1.02. The molecule has 0 aromatic carbocycles. The van der Waals surface area contributed by atoms with Crippen LogP contribution < -0.4 is 11.1 Å². The fraction of sp³-hybridized carbons (Fsp3) is 0.727. The predicted molar refractivity (Wildman–Crippen MR) is 60.5 cm³/mol. The van der Waals surface area contributed by atoms with Crippen LogP contribution in [0.15, 0.2) is 0 Å². The van der Waals surface area contributed by atoms with Gasteiger partial charge < -0.3 is 11.1 Å². The van der Waals surface area contributed by atoms with Crippen LogP contribution in [0, 0.1) is 0 Å². The van der Waals surface area contributed by atoms with E-state index in [2.05, 4.69) is 35.9 Å². The molecule has 0 bridgehead atoms. The van der Waals surface area contributed by atoms with Gasteiger partial charge in [0.25, 0.3) is 0 Å². The minimum absolute atomic E-state index is 0.0199. The van der Waals surface area contributed by atoms with Crippen molar-refractivity contribution in [3.63, 3.8) is 0 Å². The Hall–Kier alpha value is -0.870. The number of nitrogens with zero attached hydrogens (tertiary/aromatic N) is 2. The SMILES string of the molecule is CC(C)(C)n1nc2c(c1CN)CNCC2. The van der Waals surface area contributed by atoms with Crippen LogP contribution in [0.1, 0.15) is 37.7 Å². The summed E-state index contributed by atoms with van der Waals surface area (Å²) in [5, 5.41) is 8.06. The smallest absolute Gasteiger partial charge is 0.0685 e. The molecule has 4 nitrogen and oxygen atoms in total. The third kappa shape index (κ3) is 1.79. The van der Waals surface area contributed by atoms with Crippen LogP contribution >= 0.6 is 0 Å². The molecule has 0 aliphatic carbocycles. The fourth-order valence-corrected chi connectivity index (χ4v) is 2.13. The van der Waals surface area contributed by atoms with E-state index in [0.717, 1.165) is 19.5 Å². The van der Waals surface area contributed by atoms with Crippen molar-refractivity contribution >= 4 is 0 Å². The Bertz CT molecular complexity index is 359. The van der Waals surface area contributed by atoms with Crippen LogP contribution in [0.25, 0.3) is 0 Å². The van der Waals surface area contributed by atoms with E-state index in [1.165, 1.54) is 17.0 Å². The Balaban J connectivity index is 2.51. The monoisotopic (exact) mass is 208 g/mol. The molecule has 1 aromatic heterocycles. The summed E-state index contributed by atoms with van der Waals surface area (Å²) in [7, 11) is 0. The first-order valence-electron chi connectivity index (χ1n) is 5.55. The molecule has 15 heavy (non-hydrogen) atoms. The summed E-state index contributed by atoms with van der Waals surface area (Å²) in [6, 6.07) is 0. The highest BCUT2D eigenvalue weighted by molar-refractivity contribution is 5.29. The van der Waals surface area contributed by atoms with E-state index in [9.17, 15) is 0 Å². The molecule has 3 N–H and O–H groups in total. The van der Waals surface area contributed by atoms with Crippen molar-refractivity contribution in [3.8, 4) is 0 Å². The van der Waals surface area contributed by atoms with Gasteiger partial charge in [-0.25, -0.2) is 0 Å². The van der Waals surface area contributed by atoms with E-state index in [-0.39, 0.29) is 5.54 Å². The van der Waals surface area contributed by atoms with Crippen molar-refractivity contribution in [1.82, 2.24) is 15.1 Å². The van der Waals surface area contributed by atoms with Gasteiger partial charge in [-0.3, -0.25) is 4.68 Å². The normalized spacial score (nSPS) is 16.5. The Kier molecular flexibility index (Phi) is 2.56. The first-order chi connectivity index (χ1) is 7.04. The summed E-state index contributed by atoms with van der Waals surface area (Å²) in [6.45, 7) is 9.01. The van der Waals surface area contributed by atoms with Crippen molar-refractivity contribution in [3.05, 3.63) is 17.0 Å². The number of nitrogens with two attached hydrogens (primary N) is 1. The van der Waals surface area contributed by atoms with Crippen LogP contribution in [0.4, 0.5) is 0 Å². The molecule has 0 saturated carbocycles. The average Bonchev–Trinajstić information content (AvgIpc) is 2.55. The maximum absolute atomic E-state index is 5.83. The molecule has 0 spiro atoms. The van der Waals surface area contributed by atoms with Crippen molar-refractivity contribution in [1.29, 1.82) is 0 Å². The van der Waals surface area contributed by atoms with Crippen LogP contribution in [0.2, 0.25) is 0 Å². The third-order valence-corrected chi connectivity index (χ3v) is 2.84. The molecule has 0 amide bonds.